The van der Waals surface area contributed by atoms with Crippen LogP contribution < -0.4 is 10.6 Å². The molecule has 0 spiro atoms. The van der Waals surface area contributed by atoms with Crippen LogP contribution in [0, 0.1) is 11.8 Å². The fourth-order valence-electron chi connectivity index (χ4n) is 4.20. The second kappa shape index (κ2) is 11.2. The zero-order chi connectivity index (χ0) is 25.6. The molecule has 0 aromatic heterocycles. The number of ether oxygens (including phenoxy) is 1. The van der Waals surface area contributed by atoms with Crippen molar-refractivity contribution in [3.8, 4) is 11.1 Å². The van der Waals surface area contributed by atoms with E-state index in [2.05, 4.69) is 0 Å². The van der Waals surface area contributed by atoms with Crippen molar-refractivity contribution in [2.75, 3.05) is 19.7 Å². The van der Waals surface area contributed by atoms with Crippen LogP contribution in [-0.2, 0) is 14.3 Å². The van der Waals surface area contributed by atoms with Gasteiger partial charge in [-0.2, -0.15) is 13.2 Å². The number of fused-ring (bicyclic) bond motifs is 3. The summed E-state index contributed by atoms with van der Waals surface area (Å²) in [7, 11) is 0. The van der Waals surface area contributed by atoms with Gasteiger partial charge in [0, 0.05) is 19.0 Å². The molecule has 1 aliphatic carbocycles. The third-order valence-electron chi connectivity index (χ3n) is 6.01. The molecular weight excluding hydrogens is 465 g/mol. The molecule has 2 aromatic carbocycles. The zero-order valence-corrected chi connectivity index (χ0v) is 19.1. The quantitative estimate of drug-likeness (QED) is 0.458. The summed E-state index contributed by atoms with van der Waals surface area (Å²) in [4.78, 5) is 35.5. The normalized spacial score (nSPS) is 14.4. The average Bonchev–Trinajstić information content (AvgIpc) is 3.13. The van der Waals surface area contributed by atoms with Crippen molar-refractivity contribution < 1.29 is 37.4 Å². The van der Waals surface area contributed by atoms with Crippen LogP contribution in [0.5, 0.6) is 0 Å². The minimum Gasteiger partial charge on any atom is -0.481 e. The maximum Gasteiger partial charge on any atom is 0.407 e. The highest BCUT2D eigenvalue weighted by Gasteiger charge is 2.45. The first-order valence-electron chi connectivity index (χ1n) is 11.3. The number of halogens is 3. The van der Waals surface area contributed by atoms with E-state index in [1.807, 2.05) is 59.2 Å². The smallest absolute Gasteiger partial charge is 0.407 e. The molecule has 0 heterocycles. The van der Waals surface area contributed by atoms with E-state index in [0.717, 1.165) is 22.3 Å². The Morgan fingerprint density at radius 3 is 2.06 bits per heavy atom. The van der Waals surface area contributed by atoms with Gasteiger partial charge in [-0.3, -0.25) is 9.59 Å². The number of nitrogens with one attached hydrogen (secondary N) is 2. The molecule has 0 radical (unpaired) electrons. The van der Waals surface area contributed by atoms with E-state index >= 15 is 0 Å². The second-order valence-corrected chi connectivity index (χ2v) is 8.37. The Morgan fingerprint density at radius 2 is 1.54 bits per heavy atom. The molecular formula is C25H27F3N2O5. The van der Waals surface area contributed by atoms with Crippen molar-refractivity contribution in [2.24, 2.45) is 11.8 Å². The van der Waals surface area contributed by atoms with Gasteiger partial charge in [0.1, 0.15) is 6.61 Å². The van der Waals surface area contributed by atoms with Crippen molar-refractivity contribution in [2.45, 2.75) is 31.9 Å². The number of alkyl halides is 3. The molecule has 0 fully saturated rings. The average molecular weight is 492 g/mol. The predicted octanol–water partition coefficient (Wildman–Crippen LogP) is 4.32. The van der Waals surface area contributed by atoms with Crippen molar-refractivity contribution in [3.05, 3.63) is 59.7 Å². The van der Waals surface area contributed by atoms with Gasteiger partial charge >= 0.3 is 18.2 Å². The fourth-order valence-corrected chi connectivity index (χ4v) is 4.20. The molecule has 0 aliphatic heterocycles. The van der Waals surface area contributed by atoms with Crippen molar-refractivity contribution >= 4 is 18.0 Å². The first-order valence-corrected chi connectivity index (χ1v) is 11.3. The molecule has 7 nitrogen and oxygen atoms in total. The number of carboxylic acids is 1. The minimum atomic E-state index is -4.94. The lowest BCUT2D eigenvalue weighted by Gasteiger charge is -2.21. The lowest BCUT2D eigenvalue weighted by atomic mass is 9.98. The number of amides is 2. The Bertz CT molecular complexity index is 1030. The molecule has 2 aromatic rings. The van der Waals surface area contributed by atoms with Crippen molar-refractivity contribution in [1.29, 1.82) is 0 Å². The number of hydrogen-bond acceptors (Lipinski definition) is 4. The highest BCUT2D eigenvalue weighted by Crippen LogP contribution is 2.44. The zero-order valence-electron chi connectivity index (χ0n) is 19.1. The third-order valence-corrected chi connectivity index (χ3v) is 6.01. The molecule has 2 unspecified atom stereocenters. The maximum atomic E-state index is 13.4. The van der Waals surface area contributed by atoms with Crippen LogP contribution in [0.4, 0.5) is 18.0 Å². The number of carboxylic acid groups (broad SMARTS) is 1. The highest BCUT2D eigenvalue weighted by molar-refractivity contribution is 5.81. The van der Waals surface area contributed by atoms with E-state index in [0.29, 0.717) is 6.42 Å². The summed E-state index contributed by atoms with van der Waals surface area (Å²) in [6, 6.07) is 15.2. The summed E-state index contributed by atoms with van der Waals surface area (Å²) in [5.41, 5.74) is 3.92. The number of rotatable bonds is 10. The standard InChI is InChI=1S/C25H27F3N2O5/c1-2-7-15(23(32)33)12-29-22(31)21(25(26,27)28)13-30-24(34)35-14-20-18-10-5-3-8-16(18)17-9-4-6-11-19(17)20/h3-6,8-11,15,20-21H,2,7,12-14H2,1H3,(H,29,31)(H,30,34)(H,32,33). The van der Waals surface area contributed by atoms with E-state index in [9.17, 15) is 27.6 Å². The first kappa shape index (κ1) is 26.1. The number of benzene rings is 2. The minimum absolute atomic E-state index is 0.0833. The van der Waals surface area contributed by atoms with Gasteiger partial charge < -0.3 is 20.5 Å². The van der Waals surface area contributed by atoms with Gasteiger partial charge in [-0.05, 0) is 28.7 Å². The van der Waals surface area contributed by atoms with Gasteiger partial charge in [-0.1, -0.05) is 61.9 Å². The van der Waals surface area contributed by atoms with Crippen molar-refractivity contribution in [1.82, 2.24) is 10.6 Å². The lowest BCUT2D eigenvalue weighted by molar-refractivity contribution is -0.181. The number of alkyl carbamates (subject to hydrolysis) is 1. The van der Waals surface area contributed by atoms with Crippen LogP contribution in [0.1, 0.15) is 36.8 Å². The second-order valence-electron chi connectivity index (χ2n) is 8.37. The van der Waals surface area contributed by atoms with Crippen molar-refractivity contribution in [3.63, 3.8) is 0 Å². The van der Waals surface area contributed by atoms with Gasteiger partial charge in [0.15, 0.2) is 5.92 Å². The molecule has 3 N–H and O–H groups in total. The number of carbonyl (C=O) groups is 3. The SMILES string of the molecule is CCCC(CNC(=O)C(CNC(=O)OCC1c2ccccc2-c2ccccc21)C(F)(F)F)C(=O)O. The molecule has 10 heteroatoms. The van der Waals surface area contributed by atoms with Gasteiger partial charge in [0.25, 0.3) is 0 Å². The Kier molecular flexibility index (Phi) is 8.37. The van der Waals surface area contributed by atoms with Crippen LogP contribution in [0.15, 0.2) is 48.5 Å². The van der Waals surface area contributed by atoms with Gasteiger partial charge in [0.2, 0.25) is 5.91 Å². The monoisotopic (exact) mass is 492 g/mol. The van der Waals surface area contributed by atoms with E-state index in [1.54, 1.807) is 6.92 Å². The molecule has 2 atom stereocenters. The molecule has 2 amide bonds. The summed E-state index contributed by atoms with van der Waals surface area (Å²) < 4.78 is 45.6. The summed E-state index contributed by atoms with van der Waals surface area (Å²) in [5.74, 6) is -6.40. The van der Waals surface area contributed by atoms with Crippen LogP contribution in [-0.4, -0.2) is 48.9 Å². The molecule has 0 saturated carbocycles. The Hall–Kier alpha value is -3.56. The van der Waals surface area contributed by atoms with Crippen LogP contribution >= 0.6 is 0 Å². The van der Waals surface area contributed by atoms with Crippen LogP contribution in [0.3, 0.4) is 0 Å². The van der Waals surface area contributed by atoms with E-state index in [4.69, 9.17) is 9.84 Å². The number of carbonyl (C=O) groups excluding carboxylic acids is 2. The van der Waals surface area contributed by atoms with Crippen LogP contribution in [0.25, 0.3) is 11.1 Å². The summed E-state index contributed by atoms with van der Waals surface area (Å²) in [5, 5.41) is 13.2. The largest absolute Gasteiger partial charge is 0.481 e. The molecule has 3 rings (SSSR count). The molecule has 0 bridgehead atoms. The van der Waals surface area contributed by atoms with Gasteiger partial charge in [-0.25, -0.2) is 4.79 Å². The summed E-state index contributed by atoms with van der Waals surface area (Å²) in [6.07, 6.45) is -5.31. The molecule has 1 aliphatic rings. The summed E-state index contributed by atoms with van der Waals surface area (Å²) in [6.45, 7) is 0.186. The molecule has 35 heavy (non-hydrogen) atoms. The topological polar surface area (TPSA) is 105 Å². The fraction of sp³-hybridized carbons (Fsp3) is 0.400. The van der Waals surface area contributed by atoms with Crippen LogP contribution in [0.2, 0.25) is 0 Å². The highest BCUT2D eigenvalue weighted by atomic mass is 19.4. The number of hydrogen-bond donors (Lipinski definition) is 3. The Labute approximate surface area is 200 Å². The number of aliphatic carboxylic acids is 1. The first-order chi connectivity index (χ1) is 16.6. The summed E-state index contributed by atoms with van der Waals surface area (Å²) >= 11 is 0. The lowest BCUT2D eigenvalue weighted by Crippen LogP contribution is -2.47. The molecule has 188 valence electrons. The van der Waals surface area contributed by atoms with E-state index < -0.39 is 49.1 Å². The van der Waals surface area contributed by atoms with Gasteiger partial charge in [0.05, 0.1) is 5.92 Å². The van der Waals surface area contributed by atoms with E-state index in [-0.39, 0.29) is 18.9 Å². The third kappa shape index (κ3) is 6.32. The Balaban J connectivity index is 1.58. The maximum absolute atomic E-state index is 13.4. The molecule has 0 saturated heterocycles. The Morgan fingerprint density at radius 1 is 0.971 bits per heavy atom. The predicted molar refractivity (Wildman–Crippen MR) is 122 cm³/mol. The van der Waals surface area contributed by atoms with Gasteiger partial charge in [-0.15, -0.1) is 0 Å². The van der Waals surface area contributed by atoms with E-state index in [1.165, 1.54) is 0 Å².